The van der Waals surface area contributed by atoms with Crippen LogP contribution in [0.2, 0.25) is 0 Å². The molecule has 2 aromatic heterocycles. The van der Waals surface area contributed by atoms with Crippen LogP contribution in [0.3, 0.4) is 0 Å². The molecule has 1 aliphatic heterocycles. The summed E-state index contributed by atoms with van der Waals surface area (Å²) >= 11 is 1.39. The van der Waals surface area contributed by atoms with Gasteiger partial charge in [0.15, 0.2) is 0 Å². The number of aromatic nitrogens is 2. The van der Waals surface area contributed by atoms with Crippen LogP contribution in [0.5, 0.6) is 0 Å². The average molecular weight is 382 g/mol. The smallest absolute Gasteiger partial charge is 0.271 e. The van der Waals surface area contributed by atoms with Gasteiger partial charge in [-0.1, -0.05) is 36.8 Å². The molecule has 6 heteroatoms. The van der Waals surface area contributed by atoms with Crippen LogP contribution in [-0.4, -0.2) is 22.0 Å². The number of hydrogen-bond donors (Lipinski definition) is 1. The van der Waals surface area contributed by atoms with Crippen LogP contribution in [0, 0.1) is 6.92 Å². The highest BCUT2D eigenvalue weighted by atomic mass is 32.1. The van der Waals surface area contributed by atoms with Gasteiger partial charge in [-0.25, -0.2) is 4.98 Å². The molecule has 140 valence electrons. The van der Waals surface area contributed by atoms with Gasteiger partial charge in [0.2, 0.25) is 0 Å². The Hall–Kier alpha value is -2.47. The number of carbonyl (C=O) groups is 1. The zero-order valence-corrected chi connectivity index (χ0v) is 16.3. The number of amides is 1. The van der Waals surface area contributed by atoms with Gasteiger partial charge in [0, 0.05) is 24.4 Å². The minimum Gasteiger partial charge on any atom is -0.352 e. The molecule has 0 saturated carbocycles. The van der Waals surface area contributed by atoms with Crippen LogP contribution in [0.4, 0.5) is 0 Å². The first kappa shape index (κ1) is 17.9. The number of thiophene rings is 1. The summed E-state index contributed by atoms with van der Waals surface area (Å²) in [5.74, 6) is 0.682. The van der Waals surface area contributed by atoms with Crippen molar-refractivity contribution in [1.29, 1.82) is 0 Å². The van der Waals surface area contributed by atoms with Crippen molar-refractivity contribution in [3.63, 3.8) is 0 Å². The van der Waals surface area contributed by atoms with E-state index in [9.17, 15) is 9.59 Å². The van der Waals surface area contributed by atoms with Gasteiger partial charge >= 0.3 is 0 Å². The third kappa shape index (κ3) is 3.54. The van der Waals surface area contributed by atoms with Crippen LogP contribution >= 0.6 is 11.3 Å². The van der Waals surface area contributed by atoms with Crippen molar-refractivity contribution >= 4 is 27.5 Å². The molecular formula is C21H23N3O2S. The predicted octanol–water partition coefficient (Wildman–Crippen LogP) is 3.47. The van der Waals surface area contributed by atoms with E-state index in [-0.39, 0.29) is 11.5 Å². The van der Waals surface area contributed by atoms with Crippen molar-refractivity contribution in [2.45, 2.75) is 45.6 Å². The Morgan fingerprint density at radius 2 is 2.04 bits per heavy atom. The van der Waals surface area contributed by atoms with Crippen molar-refractivity contribution in [2.75, 3.05) is 6.54 Å². The SMILES string of the molecule is Cc1sc2c(=O)n3c(nc2c1C(=O)NCCc1ccccc1)CCCCC3. The molecule has 0 fully saturated rings. The molecule has 0 atom stereocenters. The van der Waals surface area contributed by atoms with Gasteiger partial charge in [-0.3, -0.25) is 14.2 Å². The number of nitrogens with one attached hydrogen (secondary N) is 1. The lowest BCUT2D eigenvalue weighted by Gasteiger charge is -2.09. The minimum absolute atomic E-state index is 0.00772. The zero-order chi connectivity index (χ0) is 18.8. The molecule has 1 amide bonds. The molecule has 0 saturated heterocycles. The molecule has 3 heterocycles. The molecule has 3 aromatic rings. The second-order valence-electron chi connectivity index (χ2n) is 7.00. The molecule has 0 unspecified atom stereocenters. The lowest BCUT2D eigenvalue weighted by molar-refractivity contribution is 0.0955. The van der Waals surface area contributed by atoms with Gasteiger partial charge in [0.25, 0.3) is 11.5 Å². The molecule has 5 nitrogen and oxygen atoms in total. The lowest BCUT2D eigenvalue weighted by atomic mass is 10.1. The number of rotatable bonds is 4. The van der Waals surface area contributed by atoms with Crippen LogP contribution in [0.25, 0.3) is 10.2 Å². The second kappa shape index (κ2) is 7.64. The number of hydrogen-bond acceptors (Lipinski definition) is 4. The molecule has 27 heavy (non-hydrogen) atoms. The monoisotopic (exact) mass is 381 g/mol. The van der Waals surface area contributed by atoms with Gasteiger partial charge < -0.3 is 5.32 Å². The van der Waals surface area contributed by atoms with Gasteiger partial charge in [-0.15, -0.1) is 11.3 Å². The fraction of sp³-hybridized carbons (Fsp3) is 0.381. The van der Waals surface area contributed by atoms with E-state index in [0.29, 0.717) is 22.3 Å². The number of carbonyl (C=O) groups excluding carboxylic acids is 1. The average Bonchev–Trinajstić information content (AvgIpc) is 2.84. The minimum atomic E-state index is -0.139. The molecule has 1 aromatic carbocycles. The fourth-order valence-corrected chi connectivity index (χ4v) is 4.73. The summed E-state index contributed by atoms with van der Waals surface area (Å²) in [6.45, 7) is 3.18. The highest BCUT2D eigenvalue weighted by molar-refractivity contribution is 7.19. The van der Waals surface area contributed by atoms with E-state index < -0.39 is 0 Å². The predicted molar refractivity (Wildman–Crippen MR) is 109 cm³/mol. The fourth-order valence-electron chi connectivity index (χ4n) is 3.69. The second-order valence-corrected chi connectivity index (χ2v) is 8.22. The maximum Gasteiger partial charge on any atom is 0.271 e. The number of nitrogens with zero attached hydrogens (tertiary/aromatic N) is 2. The third-order valence-corrected chi connectivity index (χ3v) is 6.18. The molecule has 0 spiro atoms. The van der Waals surface area contributed by atoms with Crippen LogP contribution in [0.1, 0.15) is 45.9 Å². The molecular weight excluding hydrogens is 358 g/mol. The number of benzene rings is 1. The summed E-state index contributed by atoms with van der Waals surface area (Å²) in [5.41, 5.74) is 2.33. The lowest BCUT2D eigenvalue weighted by Crippen LogP contribution is -2.27. The van der Waals surface area contributed by atoms with E-state index in [1.54, 1.807) is 0 Å². The summed E-state index contributed by atoms with van der Waals surface area (Å²) in [4.78, 5) is 31.4. The summed E-state index contributed by atoms with van der Waals surface area (Å²) in [6.07, 6.45) is 4.74. The van der Waals surface area contributed by atoms with Gasteiger partial charge in [0.1, 0.15) is 16.0 Å². The number of aryl methyl sites for hydroxylation is 2. The van der Waals surface area contributed by atoms with Gasteiger partial charge in [-0.2, -0.15) is 0 Å². The van der Waals surface area contributed by atoms with Crippen molar-refractivity contribution < 1.29 is 4.79 Å². The Morgan fingerprint density at radius 3 is 2.85 bits per heavy atom. The standard InChI is InChI=1S/C21H23N3O2S/c1-14-17(20(25)22-12-11-15-8-4-2-5-9-15)18-19(27-14)21(26)24-13-7-3-6-10-16(24)23-18/h2,4-5,8-9H,3,6-7,10-13H2,1H3,(H,22,25). The van der Waals surface area contributed by atoms with Crippen molar-refractivity contribution in [1.82, 2.24) is 14.9 Å². The highest BCUT2D eigenvalue weighted by Gasteiger charge is 2.22. The third-order valence-electron chi connectivity index (χ3n) is 5.10. The molecule has 4 rings (SSSR count). The first-order valence-electron chi connectivity index (χ1n) is 9.50. The van der Waals surface area contributed by atoms with Gasteiger partial charge in [0.05, 0.1) is 5.56 Å². The molecule has 1 aliphatic rings. The molecule has 0 bridgehead atoms. The highest BCUT2D eigenvalue weighted by Crippen LogP contribution is 2.28. The maximum absolute atomic E-state index is 12.9. The van der Waals surface area contributed by atoms with E-state index in [4.69, 9.17) is 4.98 Å². The Bertz CT molecular complexity index is 1040. The normalized spacial score (nSPS) is 14.0. The zero-order valence-electron chi connectivity index (χ0n) is 15.5. The number of fused-ring (bicyclic) bond motifs is 2. The van der Waals surface area contributed by atoms with E-state index in [0.717, 1.165) is 49.4 Å². The van der Waals surface area contributed by atoms with Crippen molar-refractivity contribution in [3.05, 3.63) is 62.5 Å². The Balaban J connectivity index is 1.62. The summed E-state index contributed by atoms with van der Waals surface area (Å²) in [5, 5.41) is 3.00. The first-order valence-corrected chi connectivity index (χ1v) is 10.3. The summed E-state index contributed by atoms with van der Waals surface area (Å²) < 4.78 is 2.41. The van der Waals surface area contributed by atoms with Crippen LogP contribution in [0.15, 0.2) is 35.1 Å². The van der Waals surface area contributed by atoms with E-state index in [1.165, 1.54) is 16.9 Å². The quantitative estimate of drug-likeness (QED) is 0.753. The summed E-state index contributed by atoms with van der Waals surface area (Å²) in [6, 6.07) is 10.1. The maximum atomic E-state index is 12.9. The van der Waals surface area contributed by atoms with E-state index >= 15 is 0 Å². The van der Waals surface area contributed by atoms with E-state index in [2.05, 4.69) is 17.4 Å². The molecule has 0 aliphatic carbocycles. The summed E-state index contributed by atoms with van der Waals surface area (Å²) in [7, 11) is 0. The van der Waals surface area contributed by atoms with Crippen LogP contribution < -0.4 is 10.9 Å². The first-order chi connectivity index (χ1) is 13.1. The molecule has 1 N–H and O–H groups in total. The van der Waals surface area contributed by atoms with E-state index in [1.807, 2.05) is 29.7 Å². The largest absolute Gasteiger partial charge is 0.352 e. The van der Waals surface area contributed by atoms with Crippen LogP contribution in [-0.2, 0) is 19.4 Å². The Morgan fingerprint density at radius 1 is 1.22 bits per heavy atom. The van der Waals surface area contributed by atoms with Crippen molar-refractivity contribution in [3.8, 4) is 0 Å². The molecule has 0 radical (unpaired) electrons. The topological polar surface area (TPSA) is 64.0 Å². The van der Waals surface area contributed by atoms with Gasteiger partial charge in [-0.05, 0) is 31.7 Å². The Kier molecular flexibility index (Phi) is 5.07. The Labute approximate surface area is 162 Å². The van der Waals surface area contributed by atoms with Crippen molar-refractivity contribution in [2.24, 2.45) is 0 Å².